The molecule has 2 aliphatic rings. The molecule has 132 valence electrons. The Labute approximate surface area is 144 Å². The largest absolute Gasteiger partial charge is 0.356 e. The van der Waals surface area contributed by atoms with E-state index in [1.807, 2.05) is 19.9 Å². The lowest BCUT2D eigenvalue weighted by atomic mass is 10.0. The first-order valence-corrected chi connectivity index (χ1v) is 9.17. The Hall–Kier alpha value is -1.69. The molecule has 6 nitrogen and oxygen atoms in total. The standard InChI is InChI=1S/C18H29N5O/c1-13-11-17(21-14(2)20-13)23-9-6-16(7-10-23)22-18(24)4-3-15-5-8-19-12-15/h11,15-16,19H,3-10,12H2,1-2H3,(H,22,24). The second kappa shape index (κ2) is 7.92. The van der Waals surface area contributed by atoms with Gasteiger partial charge in [-0.05, 0) is 58.5 Å². The summed E-state index contributed by atoms with van der Waals surface area (Å²) in [4.78, 5) is 23.3. The van der Waals surface area contributed by atoms with Crippen LogP contribution in [0, 0.1) is 19.8 Å². The molecule has 1 aromatic rings. The van der Waals surface area contributed by atoms with E-state index in [4.69, 9.17) is 0 Å². The number of hydrogen-bond acceptors (Lipinski definition) is 5. The predicted molar refractivity (Wildman–Crippen MR) is 95.1 cm³/mol. The van der Waals surface area contributed by atoms with Crippen molar-refractivity contribution in [1.82, 2.24) is 20.6 Å². The first-order chi connectivity index (χ1) is 11.6. The van der Waals surface area contributed by atoms with E-state index >= 15 is 0 Å². The van der Waals surface area contributed by atoms with Crippen LogP contribution in [-0.2, 0) is 4.79 Å². The maximum Gasteiger partial charge on any atom is 0.220 e. The second-order valence-electron chi connectivity index (χ2n) is 7.14. The average Bonchev–Trinajstić information content (AvgIpc) is 3.06. The molecule has 0 aliphatic carbocycles. The van der Waals surface area contributed by atoms with Crippen molar-refractivity contribution < 1.29 is 4.79 Å². The summed E-state index contributed by atoms with van der Waals surface area (Å²) in [7, 11) is 0. The third-order valence-electron chi connectivity index (χ3n) is 5.08. The minimum atomic E-state index is 0.217. The van der Waals surface area contributed by atoms with Crippen molar-refractivity contribution >= 4 is 11.7 Å². The van der Waals surface area contributed by atoms with Crippen LogP contribution >= 0.6 is 0 Å². The number of carbonyl (C=O) groups excluding carboxylic acids is 1. The summed E-state index contributed by atoms with van der Waals surface area (Å²) in [6.45, 7) is 7.99. The normalized spacial score (nSPS) is 21.9. The molecular weight excluding hydrogens is 302 g/mol. The van der Waals surface area contributed by atoms with E-state index in [9.17, 15) is 4.79 Å². The molecule has 2 N–H and O–H groups in total. The molecule has 0 radical (unpaired) electrons. The molecule has 1 atom stereocenters. The van der Waals surface area contributed by atoms with Gasteiger partial charge in [-0.25, -0.2) is 9.97 Å². The van der Waals surface area contributed by atoms with Crippen molar-refractivity contribution in [3.05, 3.63) is 17.6 Å². The van der Waals surface area contributed by atoms with E-state index in [2.05, 4.69) is 25.5 Å². The number of nitrogens with one attached hydrogen (secondary N) is 2. The summed E-state index contributed by atoms with van der Waals surface area (Å²) >= 11 is 0. The number of amides is 1. The Morgan fingerprint density at radius 3 is 2.75 bits per heavy atom. The van der Waals surface area contributed by atoms with Gasteiger partial charge in [0.2, 0.25) is 5.91 Å². The minimum Gasteiger partial charge on any atom is -0.356 e. The Bertz CT molecular complexity index is 542. The number of anilines is 1. The first kappa shape index (κ1) is 17.1. The highest BCUT2D eigenvalue weighted by Crippen LogP contribution is 2.19. The van der Waals surface area contributed by atoms with Gasteiger partial charge in [0, 0.05) is 37.3 Å². The van der Waals surface area contributed by atoms with Crippen molar-refractivity contribution in [2.45, 2.75) is 52.0 Å². The van der Waals surface area contributed by atoms with Crippen LogP contribution in [0.5, 0.6) is 0 Å². The summed E-state index contributed by atoms with van der Waals surface area (Å²) in [6, 6.07) is 2.35. The van der Waals surface area contributed by atoms with Crippen LogP contribution in [0.3, 0.4) is 0 Å². The molecule has 6 heteroatoms. The fraction of sp³-hybridized carbons (Fsp3) is 0.722. The Morgan fingerprint density at radius 1 is 1.29 bits per heavy atom. The van der Waals surface area contributed by atoms with Gasteiger partial charge in [-0.1, -0.05) is 0 Å². The van der Waals surface area contributed by atoms with Crippen LogP contribution in [0.1, 0.15) is 43.6 Å². The first-order valence-electron chi connectivity index (χ1n) is 9.17. The fourth-order valence-electron chi connectivity index (χ4n) is 3.71. The van der Waals surface area contributed by atoms with Gasteiger partial charge >= 0.3 is 0 Å². The molecule has 1 unspecified atom stereocenters. The van der Waals surface area contributed by atoms with E-state index in [0.717, 1.165) is 62.8 Å². The molecule has 0 aromatic carbocycles. The molecule has 2 fully saturated rings. The summed E-state index contributed by atoms with van der Waals surface area (Å²) < 4.78 is 0. The van der Waals surface area contributed by atoms with E-state index < -0.39 is 0 Å². The van der Waals surface area contributed by atoms with Crippen LogP contribution in [0.4, 0.5) is 5.82 Å². The van der Waals surface area contributed by atoms with Crippen LogP contribution < -0.4 is 15.5 Å². The smallest absolute Gasteiger partial charge is 0.220 e. The lowest BCUT2D eigenvalue weighted by molar-refractivity contribution is -0.122. The third kappa shape index (κ3) is 4.66. The molecule has 2 saturated heterocycles. The second-order valence-corrected chi connectivity index (χ2v) is 7.14. The molecule has 1 aromatic heterocycles. The Kier molecular flexibility index (Phi) is 5.66. The Balaban J connectivity index is 1.42. The number of piperidine rings is 1. The topological polar surface area (TPSA) is 70.2 Å². The molecule has 0 spiro atoms. The van der Waals surface area contributed by atoms with Gasteiger partial charge in [0.1, 0.15) is 11.6 Å². The highest BCUT2D eigenvalue weighted by molar-refractivity contribution is 5.76. The molecule has 0 bridgehead atoms. The summed E-state index contributed by atoms with van der Waals surface area (Å²) in [5.74, 6) is 2.73. The number of rotatable bonds is 5. The SMILES string of the molecule is Cc1cc(N2CCC(NC(=O)CCC3CCNC3)CC2)nc(C)n1. The zero-order chi connectivity index (χ0) is 16.9. The van der Waals surface area contributed by atoms with Crippen molar-refractivity contribution in [2.75, 3.05) is 31.1 Å². The number of nitrogens with zero attached hydrogens (tertiary/aromatic N) is 3. The molecule has 2 aliphatic heterocycles. The van der Waals surface area contributed by atoms with Crippen LogP contribution in [0.25, 0.3) is 0 Å². The maximum atomic E-state index is 12.1. The van der Waals surface area contributed by atoms with E-state index in [-0.39, 0.29) is 5.91 Å². The third-order valence-corrected chi connectivity index (χ3v) is 5.08. The van der Waals surface area contributed by atoms with Crippen molar-refractivity contribution in [3.8, 4) is 0 Å². The summed E-state index contributed by atoms with van der Waals surface area (Å²) in [5.41, 5.74) is 1.01. The van der Waals surface area contributed by atoms with Gasteiger partial charge in [0.05, 0.1) is 0 Å². The fourth-order valence-corrected chi connectivity index (χ4v) is 3.71. The van der Waals surface area contributed by atoms with Crippen molar-refractivity contribution in [1.29, 1.82) is 0 Å². The van der Waals surface area contributed by atoms with Gasteiger partial charge in [0.15, 0.2) is 0 Å². The average molecular weight is 331 g/mol. The monoisotopic (exact) mass is 331 g/mol. The van der Waals surface area contributed by atoms with Crippen molar-refractivity contribution in [2.24, 2.45) is 5.92 Å². The molecule has 3 rings (SSSR count). The summed E-state index contributed by atoms with van der Waals surface area (Å²) in [6.07, 6.45) is 4.86. The quantitative estimate of drug-likeness (QED) is 0.857. The predicted octanol–water partition coefficient (Wildman–Crippen LogP) is 1.57. The van der Waals surface area contributed by atoms with Gasteiger partial charge in [-0.2, -0.15) is 0 Å². The highest BCUT2D eigenvalue weighted by atomic mass is 16.1. The lowest BCUT2D eigenvalue weighted by Crippen LogP contribution is -2.45. The van der Waals surface area contributed by atoms with Gasteiger partial charge in [0.25, 0.3) is 0 Å². The zero-order valence-electron chi connectivity index (χ0n) is 14.8. The molecule has 24 heavy (non-hydrogen) atoms. The minimum absolute atomic E-state index is 0.217. The highest BCUT2D eigenvalue weighted by Gasteiger charge is 2.22. The van der Waals surface area contributed by atoms with Crippen molar-refractivity contribution in [3.63, 3.8) is 0 Å². The number of aryl methyl sites for hydroxylation is 2. The van der Waals surface area contributed by atoms with Crippen LogP contribution in [0.2, 0.25) is 0 Å². The summed E-state index contributed by atoms with van der Waals surface area (Å²) in [5, 5.41) is 6.58. The van der Waals surface area contributed by atoms with E-state index in [1.165, 1.54) is 6.42 Å². The van der Waals surface area contributed by atoms with E-state index in [1.54, 1.807) is 0 Å². The van der Waals surface area contributed by atoms with Crippen LogP contribution in [-0.4, -0.2) is 48.1 Å². The van der Waals surface area contributed by atoms with Gasteiger partial charge in [-0.15, -0.1) is 0 Å². The number of aromatic nitrogens is 2. The zero-order valence-corrected chi connectivity index (χ0v) is 14.8. The van der Waals surface area contributed by atoms with Crippen LogP contribution in [0.15, 0.2) is 6.07 Å². The molecule has 0 saturated carbocycles. The Morgan fingerprint density at radius 2 is 2.08 bits per heavy atom. The van der Waals surface area contributed by atoms with Gasteiger partial charge < -0.3 is 15.5 Å². The number of carbonyl (C=O) groups is 1. The molecular formula is C18H29N5O. The molecule has 1 amide bonds. The lowest BCUT2D eigenvalue weighted by Gasteiger charge is -2.33. The van der Waals surface area contributed by atoms with Gasteiger partial charge in [-0.3, -0.25) is 4.79 Å². The molecule has 3 heterocycles. The maximum absolute atomic E-state index is 12.1. The number of hydrogen-bond donors (Lipinski definition) is 2. The van der Waals surface area contributed by atoms with E-state index in [0.29, 0.717) is 18.4 Å².